The van der Waals surface area contributed by atoms with Gasteiger partial charge in [-0.2, -0.15) is 0 Å². The van der Waals surface area contributed by atoms with Gasteiger partial charge in [0.25, 0.3) is 0 Å². The van der Waals surface area contributed by atoms with Crippen LogP contribution in [0.15, 0.2) is 75.9 Å². The molecule has 90 valence electrons. The molecule has 0 aliphatic carbocycles. The normalized spacial score (nSPS) is 9.61. The summed E-state index contributed by atoms with van der Waals surface area (Å²) in [6.45, 7) is 1.75. The lowest BCUT2D eigenvalue weighted by molar-refractivity contribution is 0.555. The van der Waals surface area contributed by atoms with Gasteiger partial charge in [0.05, 0.1) is 0 Å². The Morgan fingerprint density at radius 1 is 0.833 bits per heavy atom. The van der Waals surface area contributed by atoms with Gasteiger partial charge in [-0.25, -0.2) is 4.79 Å². The molecule has 0 fully saturated rings. The zero-order valence-electron chi connectivity index (χ0n) is 10.2. The van der Waals surface area contributed by atoms with Crippen LogP contribution in [0.5, 0.6) is 0 Å². The van der Waals surface area contributed by atoms with E-state index in [1.54, 1.807) is 13.0 Å². The van der Waals surface area contributed by atoms with Gasteiger partial charge in [0.1, 0.15) is 5.58 Å². The monoisotopic (exact) mass is 238 g/mol. The highest BCUT2D eigenvalue weighted by atomic mass is 16.4. The highest BCUT2D eigenvalue weighted by Crippen LogP contribution is 2.11. The molecule has 0 unspecified atom stereocenters. The molecular weight excluding hydrogens is 224 g/mol. The van der Waals surface area contributed by atoms with Crippen molar-refractivity contribution in [1.82, 2.24) is 0 Å². The maximum absolute atomic E-state index is 11.1. The second-order valence-corrected chi connectivity index (χ2v) is 3.91. The Balaban J connectivity index is 0.000000169. The van der Waals surface area contributed by atoms with Crippen LogP contribution in [-0.4, -0.2) is 0 Å². The summed E-state index contributed by atoms with van der Waals surface area (Å²) in [5.74, 6) is 0. The van der Waals surface area contributed by atoms with Crippen molar-refractivity contribution in [3.63, 3.8) is 0 Å². The summed E-state index contributed by atoms with van der Waals surface area (Å²) in [7, 11) is 0. The third-order valence-corrected chi connectivity index (χ3v) is 2.48. The van der Waals surface area contributed by atoms with Crippen LogP contribution in [0.25, 0.3) is 11.0 Å². The fourth-order valence-corrected chi connectivity index (χ4v) is 1.55. The van der Waals surface area contributed by atoms with Crippen molar-refractivity contribution >= 4 is 11.0 Å². The molecule has 0 amide bonds. The summed E-state index contributed by atoms with van der Waals surface area (Å²) in [5.41, 5.74) is 1.04. The molecule has 0 saturated carbocycles. The van der Waals surface area contributed by atoms with Crippen LogP contribution >= 0.6 is 0 Å². The Morgan fingerprint density at radius 2 is 1.39 bits per heavy atom. The Labute approximate surface area is 106 Å². The highest BCUT2D eigenvalue weighted by molar-refractivity contribution is 5.76. The summed E-state index contributed by atoms with van der Waals surface area (Å²) in [5, 5.41) is 0.967. The fourth-order valence-electron chi connectivity index (χ4n) is 1.55. The lowest BCUT2D eigenvalue weighted by Gasteiger charge is -1.95. The summed E-state index contributed by atoms with van der Waals surface area (Å²) in [4.78, 5) is 11.1. The maximum Gasteiger partial charge on any atom is 0.339 e. The third kappa shape index (κ3) is 3.08. The van der Waals surface area contributed by atoms with E-state index in [-0.39, 0.29) is 5.63 Å². The second-order valence-electron chi connectivity index (χ2n) is 3.91. The van der Waals surface area contributed by atoms with Crippen molar-refractivity contribution in [2.45, 2.75) is 6.92 Å². The molecule has 0 atom stereocenters. The Morgan fingerprint density at radius 3 is 2.00 bits per heavy atom. The van der Waals surface area contributed by atoms with Crippen LogP contribution in [0, 0.1) is 6.92 Å². The van der Waals surface area contributed by atoms with E-state index >= 15 is 0 Å². The predicted octanol–water partition coefficient (Wildman–Crippen LogP) is 3.79. The molecular formula is C16H14O2. The van der Waals surface area contributed by atoms with Crippen LogP contribution in [0.3, 0.4) is 0 Å². The summed E-state index contributed by atoms with van der Waals surface area (Å²) in [6.07, 6.45) is 0. The number of rotatable bonds is 0. The lowest BCUT2D eigenvalue weighted by Crippen LogP contribution is -2.01. The number of para-hydroxylation sites is 1. The highest BCUT2D eigenvalue weighted by Gasteiger charge is 1.98. The lowest BCUT2D eigenvalue weighted by atomic mass is 10.2. The third-order valence-electron chi connectivity index (χ3n) is 2.48. The van der Waals surface area contributed by atoms with Crippen molar-refractivity contribution in [3.05, 3.63) is 82.7 Å². The average molecular weight is 238 g/mol. The van der Waals surface area contributed by atoms with Crippen LogP contribution < -0.4 is 5.63 Å². The first kappa shape index (κ1) is 12.1. The van der Waals surface area contributed by atoms with Gasteiger partial charge >= 0.3 is 5.63 Å². The first-order chi connectivity index (χ1) is 8.77. The molecule has 2 aromatic carbocycles. The van der Waals surface area contributed by atoms with Crippen LogP contribution in [-0.2, 0) is 0 Å². The smallest absolute Gasteiger partial charge is 0.339 e. The van der Waals surface area contributed by atoms with Crippen molar-refractivity contribution in [2.75, 3.05) is 0 Å². The van der Waals surface area contributed by atoms with Gasteiger partial charge in [0, 0.05) is 10.9 Å². The van der Waals surface area contributed by atoms with Gasteiger partial charge in [0.15, 0.2) is 0 Å². The van der Waals surface area contributed by atoms with Gasteiger partial charge in [-0.1, -0.05) is 54.6 Å². The van der Waals surface area contributed by atoms with Crippen LogP contribution in [0.2, 0.25) is 0 Å². The van der Waals surface area contributed by atoms with Crippen molar-refractivity contribution < 1.29 is 4.42 Å². The van der Waals surface area contributed by atoms with Gasteiger partial charge < -0.3 is 4.42 Å². The van der Waals surface area contributed by atoms with Crippen molar-refractivity contribution in [2.24, 2.45) is 0 Å². The van der Waals surface area contributed by atoms with E-state index in [4.69, 9.17) is 4.42 Å². The van der Waals surface area contributed by atoms with Gasteiger partial charge in [0.2, 0.25) is 0 Å². The van der Waals surface area contributed by atoms with Gasteiger partial charge in [-0.3, -0.25) is 0 Å². The van der Waals surface area contributed by atoms with E-state index in [0.29, 0.717) is 11.1 Å². The number of fused-ring (bicyclic) bond motifs is 1. The van der Waals surface area contributed by atoms with E-state index in [0.717, 1.165) is 5.39 Å². The standard InChI is InChI=1S/C10H8O2.C6H6/c1-7-6-8-4-2-3-5-9(8)12-10(7)11;1-2-4-6-5-3-1/h2-6H,1H3;1-6H. The average Bonchev–Trinajstić information content (AvgIpc) is 2.43. The van der Waals surface area contributed by atoms with E-state index in [1.807, 2.05) is 60.7 Å². The van der Waals surface area contributed by atoms with Crippen molar-refractivity contribution in [1.29, 1.82) is 0 Å². The summed E-state index contributed by atoms with van der Waals surface area (Å²) in [6, 6.07) is 21.3. The zero-order chi connectivity index (χ0) is 12.8. The molecule has 3 rings (SSSR count). The zero-order valence-corrected chi connectivity index (χ0v) is 10.2. The first-order valence-corrected chi connectivity index (χ1v) is 5.77. The van der Waals surface area contributed by atoms with Crippen LogP contribution in [0.1, 0.15) is 5.56 Å². The molecule has 0 radical (unpaired) electrons. The Bertz CT molecular complexity index is 643. The Hall–Kier alpha value is -2.35. The first-order valence-electron chi connectivity index (χ1n) is 5.77. The number of benzene rings is 2. The molecule has 1 heterocycles. The van der Waals surface area contributed by atoms with E-state index in [9.17, 15) is 4.79 Å². The largest absolute Gasteiger partial charge is 0.423 e. The Kier molecular flexibility index (Phi) is 3.92. The predicted molar refractivity (Wildman–Crippen MR) is 73.7 cm³/mol. The fraction of sp³-hybridized carbons (Fsp3) is 0.0625. The maximum atomic E-state index is 11.1. The molecule has 18 heavy (non-hydrogen) atoms. The van der Waals surface area contributed by atoms with Gasteiger partial charge in [-0.15, -0.1) is 0 Å². The topological polar surface area (TPSA) is 30.2 Å². The molecule has 1 aromatic heterocycles. The van der Waals surface area contributed by atoms with Gasteiger partial charge in [-0.05, 0) is 19.1 Å². The minimum Gasteiger partial charge on any atom is -0.423 e. The molecule has 0 bridgehead atoms. The number of aryl methyl sites for hydroxylation is 1. The van der Waals surface area contributed by atoms with E-state index < -0.39 is 0 Å². The molecule has 3 aromatic rings. The minimum absolute atomic E-state index is 0.256. The van der Waals surface area contributed by atoms with Crippen molar-refractivity contribution in [3.8, 4) is 0 Å². The summed E-state index contributed by atoms with van der Waals surface area (Å²) >= 11 is 0. The quantitative estimate of drug-likeness (QED) is 0.558. The SMILES string of the molecule is Cc1cc2ccccc2oc1=O.c1ccccc1. The van der Waals surface area contributed by atoms with E-state index in [2.05, 4.69) is 0 Å². The minimum atomic E-state index is -0.256. The molecule has 2 heteroatoms. The number of hydrogen-bond donors (Lipinski definition) is 0. The van der Waals surface area contributed by atoms with E-state index in [1.165, 1.54) is 0 Å². The second kappa shape index (κ2) is 5.82. The molecule has 0 aliphatic heterocycles. The molecule has 0 spiro atoms. The number of hydrogen-bond acceptors (Lipinski definition) is 2. The molecule has 0 aliphatic rings. The molecule has 0 N–H and O–H groups in total. The van der Waals surface area contributed by atoms with Crippen LogP contribution in [0.4, 0.5) is 0 Å². The molecule has 2 nitrogen and oxygen atoms in total. The molecule has 0 saturated heterocycles. The summed E-state index contributed by atoms with van der Waals surface area (Å²) < 4.78 is 5.04.